The largest absolute Gasteiger partial charge is 0.295 e. The van der Waals surface area contributed by atoms with Crippen molar-refractivity contribution >= 4 is 23.3 Å². The lowest BCUT2D eigenvalue weighted by Crippen LogP contribution is -2.40. The standard InChI is InChI=1S/C19H17NO3/c1-9(21)10-2-4-11(5-3-10)20-18(22)16-12-6-7-13(15-8-14(12)15)17(16)19(20)23/h2-7,12-17H,8H2,1H3/t12-,13-,14-,15+,16-,17+/m0/s1. The zero-order chi connectivity index (χ0) is 15.9. The number of hydrogen-bond donors (Lipinski definition) is 0. The summed E-state index contributed by atoms with van der Waals surface area (Å²) < 4.78 is 0. The van der Waals surface area contributed by atoms with E-state index in [4.69, 9.17) is 0 Å². The van der Waals surface area contributed by atoms with Gasteiger partial charge in [0, 0.05) is 5.56 Å². The van der Waals surface area contributed by atoms with Gasteiger partial charge in [0.1, 0.15) is 0 Å². The Bertz CT molecular complexity index is 742. The molecule has 1 saturated heterocycles. The first-order valence-electron chi connectivity index (χ1n) is 8.25. The predicted molar refractivity (Wildman–Crippen MR) is 83.6 cm³/mol. The zero-order valence-corrected chi connectivity index (χ0v) is 12.8. The maximum atomic E-state index is 12.9. The van der Waals surface area contributed by atoms with E-state index in [1.165, 1.54) is 18.2 Å². The molecule has 0 spiro atoms. The molecule has 1 aliphatic heterocycles. The average molecular weight is 307 g/mol. The molecular formula is C19H17NO3. The molecule has 6 rings (SSSR count). The molecule has 116 valence electrons. The molecule has 4 heteroatoms. The Kier molecular flexibility index (Phi) is 2.41. The summed E-state index contributed by atoms with van der Waals surface area (Å²) in [5.41, 5.74) is 1.18. The summed E-state index contributed by atoms with van der Waals surface area (Å²) in [5.74, 6) is 1.24. The number of nitrogens with zero attached hydrogens (tertiary/aromatic N) is 1. The van der Waals surface area contributed by atoms with Crippen LogP contribution < -0.4 is 4.90 Å². The van der Waals surface area contributed by atoms with Crippen LogP contribution in [0.5, 0.6) is 0 Å². The van der Waals surface area contributed by atoms with Crippen LogP contribution in [0.1, 0.15) is 23.7 Å². The molecule has 1 aromatic rings. The number of ketones is 1. The van der Waals surface area contributed by atoms with E-state index in [1.54, 1.807) is 24.3 Å². The number of allylic oxidation sites excluding steroid dienone is 2. The Hall–Kier alpha value is -2.23. The van der Waals surface area contributed by atoms with Crippen molar-refractivity contribution in [3.05, 3.63) is 42.0 Å². The first kappa shape index (κ1) is 13.2. The van der Waals surface area contributed by atoms with Gasteiger partial charge in [0.05, 0.1) is 17.5 Å². The van der Waals surface area contributed by atoms with Gasteiger partial charge in [-0.15, -0.1) is 0 Å². The van der Waals surface area contributed by atoms with E-state index in [0.717, 1.165) is 0 Å². The van der Waals surface area contributed by atoms with Gasteiger partial charge in [-0.1, -0.05) is 12.2 Å². The molecule has 23 heavy (non-hydrogen) atoms. The lowest BCUT2D eigenvalue weighted by atomic mass is 9.63. The van der Waals surface area contributed by atoms with Crippen molar-refractivity contribution in [1.82, 2.24) is 0 Å². The first-order chi connectivity index (χ1) is 11.1. The van der Waals surface area contributed by atoms with Gasteiger partial charge in [0.15, 0.2) is 5.78 Å². The summed E-state index contributed by atoms with van der Waals surface area (Å²) in [6.07, 6.45) is 5.52. The average Bonchev–Trinajstić information content (AvgIpc) is 3.32. The topological polar surface area (TPSA) is 54.5 Å². The third-order valence-corrected chi connectivity index (χ3v) is 6.19. The fraction of sp³-hybridized carbons (Fsp3) is 0.421. The summed E-state index contributed by atoms with van der Waals surface area (Å²) in [4.78, 5) is 38.6. The molecule has 0 radical (unpaired) electrons. The van der Waals surface area contributed by atoms with Gasteiger partial charge in [-0.05, 0) is 61.3 Å². The maximum absolute atomic E-state index is 12.9. The monoisotopic (exact) mass is 307 g/mol. The molecule has 6 atom stereocenters. The molecule has 2 bridgehead atoms. The number of amides is 2. The summed E-state index contributed by atoms with van der Waals surface area (Å²) in [6.45, 7) is 1.51. The predicted octanol–water partition coefficient (Wildman–Crippen LogP) is 2.45. The molecule has 1 aromatic carbocycles. The van der Waals surface area contributed by atoms with Crippen molar-refractivity contribution in [2.45, 2.75) is 13.3 Å². The summed E-state index contributed by atoms with van der Waals surface area (Å²) >= 11 is 0. The molecule has 4 aliphatic carbocycles. The van der Waals surface area contributed by atoms with Crippen LogP contribution in [0.3, 0.4) is 0 Å². The van der Waals surface area contributed by atoms with Gasteiger partial charge in [-0.3, -0.25) is 19.3 Å². The normalized spacial score (nSPS) is 39.4. The number of anilines is 1. The molecule has 2 amide bonds. The highest BCUT2D eigenvalue weighted by atomic mass is 16.2. The maximum Gasteiger partial charge on any atom is 0.238 e. The Balaban J connectivity index is 1.53. The second-order valence-electron chi connectivity index (χ2n) is 7.27. The van der Waals surface area contributed by atoms with Crippen LogP contribution in [0.25, 0.3) is 0 Å². The van der Waals surface area contributed by atoms with E-state index in [0.29, 0.717) is 23.1 Å². The molecule has 0 unspecified atom stereocenters. The van der Waals surface area contributed by atoms with Gasteiger partial charge in [-0.2, -0.15) is 0 Å². The lowest BCUT2D eigenvalue weighted by molar-refractivity contribution is -0.124. The van der Waals surface area contributed by atoms with Crippen LogP contribution in [0.2, 0.25) is 0 Å². The molecule has 0 N–H and O–H groups in total. The Morgan fingerprint density at radius 3 is 1.96 bits per heavy atom. The van der Waals surface area contributed by atoms with Crippen molar-refractivity contribution < 1.29 is 14.4 Å². The molecule has 5 aliphatic rings. The highest BCUT2D eigenvalue weighted by molar-refractivity contribution is 6.22. The minimum Gasteiger partial charge on any atom is -0.295 e. The van der Waals surface area contributed by atoms with Crippen LogP contribution >= 0.6 is 0 Å². The Morgan fingerprint density at radius 1 is 0.957 bits per heavy atom. The minimum atomic E-state index is -0.172. The fourth-order valence-electron chi connectivity index (χ4n) is 5.06. The Labute approximate surface area is 134 Å². The van der Waals surface area contributed by atoms with Crippen LogP contribution in [-0.2, 0) is 9.59 Å². The van der Waals surface area contributed by atoms with E-state index in [-0.39, 0.29) is 41.3 Å². The number of Topliss-reactive ketones (excluding diaryl/α,β-unsaturated/α-hetero) is 1. The van der Waals surface area contributed by atoms with E-state index >= 15 is 0 Å². The summed E-state index contributed by atoms with van der Waals surface area (Å²) in [6, 6.07) is 6.79. The molecular weight excluding hydrogens is 290 g/mol. The van der Waals surface area contributed by atoms with E-state index in [2.05, 4.69) is 12.2 Å². The highest BCUT2D eigenvalue weighted by Crippen LogP contribution is 2.65. The Morgan fingerprint density at radius 2 is 1.48 bits per heavy atom. The quantitative estimate of drug-likeness (QED) is 0.479. The summed E-state index contributed by atoms with van der Waals surface area (Å²) in [7, 11) is 0. The van der Waals surface area contributed by atoms with E-state index in [9.17, 15) is 14.4 Å². The SMILES string of the molecule is CC(=O)c1ccc(N2C(=O)[C@@H]3[C@H]4C=C[C@@H]([C@@H]5C[C@H]45)[C@@H]3C2=O)cc1. The highest BCUT2D eigenvalue weighted by Gasteiger charge is 2.67. The zero-order valence-electron chi connectivity index (χ0n) is 12.8. The van der Waals surface area contributed by atoms with Crippen LogP contribution in [-0.4, -0.2) is 17.6 Å². The molecule has 3 fully saturated rings. The lowest BCUT2D eigenvalue weighted by Gasteiger charge is -2.37. The molecule has 2 saturated carbocycles. The second-order valence-corrected chi connectivity index (χ2v) is 7.27. The van der Waals surface area contributed by atoms with Crippen molar-refractivity contribution in [2.24, 2.45) is 35.5 Å². The van der Waals surface area contributed by atoms with Crippen molar-refractivity contribution in [2.75, 3.05) is 4.90 Å². The van der Waals surface area contributed by atoms with Crippen LogP contribution in [0.4, 0.5) is 5.69 Å². The van der Waals surface area contributed by atoms with E-state index in [1.807, 2.05) is 0 Å². The van der Waals surface area contributed by atoms with Gasteiger partial charge >= 0.3 is 0 Å². The number of rotatable bonds is 2. The number of hydrogen-bond acceptors (Lipinski definition) is 3. The van der Waals surface area contributed by atoms with Crippen LogP contribution in [0, 0.1) is 35.5 Å². The van der Waals surface area contributed by atoms with Gasteiger partial charge in [-0.25, -0.2) is 0 Å². The first-order valence-corrected chi connectivity index (χ1v) is 8.25. The molecule has 1 heterocycles. The van der Waals surface area contributed by atoms with Crippen molar-refractivity contribution in [3.63, 3.8) is 0 Å². The van der Waals surface area contributed by atoms with Gasteiger partial charge < -0.3 is 0 Å². The number of imide groups is 1. The fourth-order valence-corrected chi connectivity index (χ4v) is 5.06. The smallest absolute Gasteiger partial charge is 0.238 e. The minimum absolute atomic E-state index is 0.0216. The van der Waals surface area contributed by atoms with E-state index < -0.39 is 0 Å². The third-order valence-electron chi connectivity index (χ3n) is 6.19. The van der Waals surface area contributed by atoms with Gasteiger partial charge in [0.2, 0.25) is 11.8 Å². The van der Waals surface area contributed by atoms with Crippen molar-refractivity contribution in [3.8, 4) is 0 Å². The third kappa shape index (κ3) is 1.58. The summed E-state index contributed by atoms with van der Waals surface area (Å²) in [5, 5.41) is 0. The molecule has 0 aromatic heterocycles. The molecule has 4 nitrogen and oxygen atoms in total. The number of benzene rings is 1. The number of carbonyl (C=O) groups excluding carboxylic acids is 3. The van der Waals surface area contributed by atoms with Crippen molar-refractivity contribution in [1.29, 1.82) is 0 Å². The second kappa shape index (κ2) is 4.19. The van der Waals surface area contributed by atoms with Gasteiger partial charge in [0.25, 0.3) is 0 Å². The number of carbonyl (C=O) groups is 3. The van der Waals surface area contributed by atoms with Crippen LogP contribution in [0.15, 0.2) is 36.4 Å².